The molecule has 0 spiro atoms. The summed E-state index contributed by atoms with van der Waals surface area (Å²) in [7, 11) is 0. The first kappa shape index (κ1) is 11.4. The monoisotopic (exact) mass is 270 g/mol. The maximum atomic E-state index is 12.5. The molecular formula is C9H5F3N6O. The summed E-state index contributed by atoms with van der Waals surface area (Å²) >= 11 is 0. The van der Waals surface area contributed by atoms with E-state index in [0.717, 1.165) is 15.4 Å². The van der Waals surface area contributed by atoms with E-state index in [0.29, 0.717) is 0 Å². The van der Waals surface area contributed by atoms with E-state index in [9.17, 15) is 18.0 Å². The zero-order chi connectivity index (χ0) is 13.8. The number of pyridine rings is 1. The SMILES string of the molecule is Nn1ccc2c(cnc3nc(C(F)(F)F)nn32)c1=O. The van der Waals surface area contributed by atoms with Crippen LogP contribution in [0.2, 0.25) is 0 Å². The second-order valence-corrected chi connectivity index (χ2v) is 3.73. The quantitative estimate of drug-likeness (QED) is 0.588. The lowest BCUT2D eigenvalue weighted by atomic mass is 10.3. The highest BCUT2D eigenvalue weighted by atomic mass is 19.4. The summed E-state index contributed by atoms with van der Waals surface area (Å²) in [6.07, 6.45) is -2.34. The minimum atomic E-state index is -4.68. The van der Waals surface area contributed by atoms with Crippen LogP contribution < -0.4 is 11.4 Å². The molecule has 3 heterocycles. The predicted octanol–water partition coefficient (Wildman–Crippen LogP) is 0.172. The first-order valence-corrected chi connectivity index (χ1v) is 4.97. The molecule has 0 aliphatic carbocycles. The smallest absolute Gasteiger partial charge is 0.336 e. The van der Waals surface area contributed by atoms with E-state index in [4.69, 9.17) is 5.84 Å². The number of hydrogen-bond donors (Lipinski definition) is 1. The van der Waals surface area contributed by atoms with Crippen LogP contribution in [0.25, 0.3) is 16.7 Å². The fourth-order valence-corrected chi connectivity index (χ4v) is 1.65. The van der Waals surface area contributed by atoms with E-state index >= 15 is 0 Å². The Morgan fingerprint density at radius 2 is 2.05 bits per heavy atom. The van der Waals surface area contributed by atoms with E-state index < -0.39 is 17.6 Å². The summed E-state index contributed by atoms with van der Waals surface area (Å²) in [5.74, 6) is 3.80. The first-order valence-electron chi connectivity index (χ1n) is 4.97. The van der Waals surface area contributed by atoms with Crippen LogP contribution in [0.1, 0.15) is 5.82 Å². The zero-order valence-electron chi connectivity index (χ0n) is 9.09. The molecule has 0 aliphatic rings. The van der Waals surface area contributed by atoms with Crippen molar-refractivity contribution in [3.63, 3.8) is 0 Å². The largest absolute Gasteiger partial charge is 0.453 e. The molecule has 0 aliphatic heterocycles. The zero-order valence-corrected chi connectivity index (χ0v) is 9.09. The van der Waals surface area contributed by atoms with Crippen molar-refractivity contribution < 1.29 is 13.2 Å². The van der Waals surface area contributed by atoms with Gasteiger partial charge >= 0.3 is 6.18 Å². The van der Waals surface area contributed by atoms with Gasteiger partial charge in [0.05, 0.1) is 10.9 Å². The van der Waals surface area contributed by atoms with Gasteiger partial charge < -0.3 is 5.84 Å². The van der Waals surface area contributed by atoms with E-state index in [1.165, 1.54) is 12.3 Å². The number of rotatable bonds is 0. The second kappa shape index (κ2) is 3.43. The second-order valence-electron chi connectivity index (χ2n) is 3.73. The molecule has 0 bridgehead atoms. The number of alkyl halides is 3. The number of hydrogen-bond acceptors (Lipinski definition) is 5. The van der Waals surface area contributed by atoms with E-state index in [-0.39, 0.29) is 16.7 Å². The number of fused-ring (bicyclic) bond motifs is 3. The molecule has 0 saturated heterocycles. The molecule has 3 rings (SSSR count). The van der Waals surface area contributed by atoms with Crippen LogP contribution in [0, 0.1) is 0 Å². The van der Waals surface area contributed by atoms with Gasteiger partial charge in [0, 0.05) is 12.4 Å². The Morgan fingerprint density at radius 1 is 1.32 bits per heavy atom. The van der Waals surface area contributed by atoms with Crippen molar-refractivity contribution in [2.24, 2.45) is 0 Å². The molecular weight excluding hydrogens is 265 g/mol. The standard InChI is InChI=1S/C9H5F3N6O/c10-9(11,12)7-15-8-14-3-4-5(18(8)16-7)1-2-17(13)6(4)19/h1-3H,13H2. The van der Waals surface area contributed by atoms with Crippen molar-refractivity contribution in [1.29, 1.82) is 0 Å². The molecule has 3 aromatic rings. The van der Waals surface area contributed by atoms with Crippen molar-refractivity contribution in [2.75, 3.05) is 5.84 Å². The molecule has 0 aromatic carbocycles. The Bertz CT molecular complexity index is 849. The van der Waals surface area contributed by atoms with Gasteiger partial charge in [0.1, 0.15) is 0 Å². The summed E-state index contributed by atoms with van der Waals surface area (Å²) in [5.41, 5.74) is -0.435. The Balaban J connectivity index is 2.44. The van der Waals surface area contributed by atoms with Crippen LogP contribution in [0.4, 0.5) is 13.2 Å². The molecule has 0 radical (unpaired) electrons. The molecule has 0 saturated carbocycles. The Hall–Kier alpha value is -2.65. The van der Waals surface area contributed by atoms with Crippen molar-refractivity contribution in [2.45, 2.75) is 6.18 Å². The molecule has 0 fully saturated rings. The highest BCUT2D eigenvalue weighted by Gasteiger charge is 2.36. The van der Waals surface area contributed by atoms with E-state index in [1.807, 2.05) is 0 Å². The topological polar surface area (TPSA) is 91.1 Å². The molecule has 10 heteroatoms. The van der Waals surface area contributed by atoms with Crippen LogP contribution in [-0.2, 0) is 6.18 Å². The van der Waals surface area contributed by atoms with Crippen molar-refractivity contribution >= 4 is 16.7 Å². The average Bonchev–Trinajstić information content (AvgIpc) is 2.77. The highest BCUT2D eigenvalue weighted by Crippen LogP contribution is 2.26. The third-order valence-electron chi connectivity index (χ3n) is 2.51. The molecule has 98 valence electrons. The number of nitrogen functional groups attached to an aromatic ring is 1. The molecule has 0 unspecified atom stereocenters. The number of nitrogens with zero attached hydrogens (tertiary/aromatic N) is 5. The molecule has 2 N–H and O–H groups in total. The van der Waals surface area contributed by atoms with Gasteiger partial charge in [-0.15, -0.1) is 5.10 Å². The average molecular weight is 270 g/mol. The van der Waals surface area contributed by atoms with Gasteiger partial charge in [-0.1, -0.05) is 0 Å². The van der Waals surface area contributed by atoms with Crippen LogP contribution in [-0.4, -0.2) is 24.3 Å². The van der Waals surface area contributed by atoms with Crippen LogP contribution in [0.3, 0.4) is 0 Å². The van der Waals surface area contributed by atoms with Gasteiger partial charge in [0.2, 0.25) is 0 Å². The summed E-state index contributed by atoms with van der Waals surface area (Å²) in [6, 6.07) is 1.36. The normalized spacial score (nSPS) is 12.4. The number of aromatic nitrogens is 5. The number of nitrogens with two attached hydrogens (primary N) is 1. The lowest BCUT2D eigenvalue weighted by Crippen LogP contribution is -2.26. The molecule has 7 nitrogen and oxygen atoms in total. The predicted molar refractivity (Wildman–Crippen MR) is 57.7 cm³/mol. The third-order valence-corrected chi connectivity index (χ3v) is 2.51. The fraction of sp³-hybridized carbons (Fsp3) is 0.111. The Kier molecular flexibility index (Phi) is 2.07. The maximum absolute atomic E-state index is 12.5. The number of halogens is 3. The van der Waals surface area contributed by atoms with Crippen LogP contribution >= 0.6 is 0 Å². The molecule has 0 atom stereocenters. The van der Waals surface area contributed by atoms with Crippen molar-refractivity contribution in [3.8, 4) is 0 Å². The lowest BCUT2D eigenvalue weighted by Gasteiger charge is -2.01. The fourth-order valence-electron chi connectivity index (χ4n) is 1.65. The van der Waals surface area contributed by atoms with E-state index in [2.05, 4.69) is 15.1 Å². The Morgan fingerprint density at radius 3 is 2.74 bits per heavy atom. The summed E-state index contributed by atoms with van der Waals surface area (Å²) < 4.78 is 39.2. The van der Waals surface area contributed by atoms with Gasteiger partial charge in [-0.2, -0.15) is 22.7 Å². The molecule has 0 amide bonds. The lowest BCUT2D eigenvalue weighted by molar-refractivity contribution is -0.144. The van der Waals surface area contributed by atoms with Gasteiger partial charge in [-0.3, -0.25) is 4.79 Å². The summed E-state index contributed by atoms with van der Waals surface area (Å²) in [4.78, 5) is 18.6. The van der Waals surface area contributed by atoms with Crippen LogP contribution in [0.15, 0.2) is 23.3 Å². The van der Waals surface area contributed by atoms with Gasteiger partial charge in [-0.25, -0.2) is 9.66 Å². The van der Waals surface area contributed by atoms with Gasteiger partial charge in [-0.05, 0) is 6.07 Å². The maximum Gasteiger partial charge on any atom is 0.453 e. The Labute approximate surface area is 102 Å². The molecule has 3 aromatic heterocycles. The summed E-state index contributed by atoms with van der Waals surface area (Å²) in [6.45, 7) is 0. The molecule has 19 heavy (non-hydrogen) atoms. The van der Waals surface area contributed by atoms with Crippen molar-refractivity contribution in [3.05, 3.63) is 34.6 Å². The third kappa shape index (κ3) is 1.60. The summed E-state index contributed by atoms with van der Waals surface area (Å²) in [5, 5.41) is 3.36. The minimum absolute atomic E-state index is 0.0520. The van der Waals surface area contributed by atoms with E-state index in [1.54, 1.807) is 0 Å². The first-order chi connectivity index (χ1) is 8.88. The minimum Gasteiger partial charge on any atom is -0.336 e. The van der Waals surface area contributed by atoms with Gasteiger partial charge in [0.15, 0.2) is 0 Å². The van der Waals surface area contributed by atoms with Crippen LogP contribution in [0.5, 0.6) is 0 Å². The van der Waals surface area contributed by atoms with Gasteiger partial charge in [0.25, 0.3) is 17.2 Å². The highest BCUT2D eigenvalue weighted by molar-refractivity contribution is 5.78. The van der Waals surface area contributed by atoms with Crippen molar-refractivity contribution in [1.82, 2.24) is 24.3 Å².